The van der Waals surface area contributed by atoms with Crippen LogP contribution in [0.2, 0.25) is 0 Å². The fourth-order valence-corrected chi connectivity index (χ4v) is 4.06. The van der Waals surface area contributed by atoms with Gasteiger partial charge in [0.15, 0.2) is 0 Å². The Hall–Kier alpha value is -0.960. The number of amides is 1. The second-order valence-electron chi connectivity index (χ2n) is 4.65. The monoisotopic (exact) mass is 361 g/mol. The third-order valence-corrected chi connectivity index (χ3v) is 6.05. The number of nitrogens with one attached hydrogen (secondary N) is 1. The standard InChI is InChI=1S/C12H16BrN3O3S/c1-8-6-9(2-3-10(8)13)20(18,19)16-5-4-15-7-11(16)12(14)17/h2-3,6,11,15H,4-5,7H2,1H3,(H2,14,17). The van der Waals surface area contributed by atoms with E-state index in [2.05, 4.69) is 21.2 Å². The first-order valence-corrected chi connectivity index (χ1v) is 8.35. The van der Waals surface area contributed by atoms with Crippen LogP contribution in [0.4, 0.5) is 0 Å². The van der Waals surface area contributed by atoms with Crippen LogP contribution in [-0.2, 0) is 14.8 Å². The Labute approximate surface area is 126 Å². The number of hydrogen-bond acceptors (Lipinski definition) is 4. The molecule has 0 aromatic heterocycles. The number of nitrogens with two attached hydrogens (primary N) is 1. The summed E-state index contributed by atoms with van der Waals surface area (Å²) < 4.78 is 27.3. The lowest BCUT2D eigenvalue weighted by Gasteiger charge is -2.33. The molecule has 1 unspecified atom stereocenters. The van der Waals surface area contributed by atoms with E-state index in [1.165, 1.54) is 10.4 Å². The summed E-state index contributed by atoms with van der Waals surface area (Å²) in [5.41, 5.74) is 6.11. The van der Waals surface area contributed by atoms with Crippen LogP contribution >= 0.6 is 15.9 Å². The minimum atomic E-state index is -3.72. The van der Waals surface area contributed by atoms with Crippen molar-refractivity contribution in [2.24, 2.45) is 5.73 Å². The van der Waals surface area contributed by atoms with Gasteiger partial charge in [0.05, 0.1) is 4.90 Å². The molecule has 0 saturated carbocycles. The Morgan fingerprint density at radius 1 is 1.50 bits per heavy atom. The van der Waals surface area contributed by atoms with Gasteiger partial charge in [-0.3, -0.25) is 4.79 Å². The molecule has 0 radical (unpaired) electrons. The number of halogens is 1. The first-order valence-electron chi connectivity index (χ1n) is 6.12. The third kappa shape index (κ3) is 2.88. The van der Waals surface area contributed by atoms with Crippen molar-refractivity contribution < 1.29 is 13.2 Å². The van der Waals surface area contributed by atoms with Gasteiger partial charge in [-0.25, -0.2) is 8.42 Å². The van der Waals surface area contributed by atoms with Crippen LogP contribution in [0, 0.1) is 6.92 Å². The molecule has 1 saturated heterocycles. The fourth-order valence-electron chi connectivity index (χ4n) is 2.13. The molecule has 1 aliphatic rings. The Kier molecular flexibility index (Phi) is 4.48. The van der Waals surface area contributed by atoms with Crippen molar-refractivity contribution >= 4 is 31.9 Å². The van der Waals surface area contributed by atoms with Crippen LogP contribution in [0.1, 0.15) is 5.56 Å². The van der Waals surface area contributed by atoms with Crippen molar-refractivity contribution in [1.29, 1.82) is 0 Å². The van der Waals surface area contributed by atoms with Crippen LogP contribution in [-0.4, -0.2) is 44.3 Å². The summed E-state index contributed by atoms with van der Waals surface area (Å²) in [5, 5.41) is 2.98. The Balaban J connectivity index is 2.42. The molecule has 20 heavy (non-hydrogen) atoms. The largest absolute Gasteiger partial charge is 0.368 e. The highest BCUT2D eigenvalue weighted by Gasteiger charge is 2.36. The van der Waals surface area contributed by atoms with Gasteiger partial charge in [0, 0.05) is 24.1 Å². The van der Waals surface area contributed by atoms with Crippen LogP contribution in [0.5, 0.6) is 0 Å². The molecule has 1 atom stereocenters. The van der Waals surface area contributed by atoms with Gasteiger partial charge in [-0.05, 0) is 30.7 Å². The number of nitrogens with zero attached hydrogens (tertiary/aromatic N) is 1. The second-order valence-corrected chi connectivity index (χ2v) is 7.39. The molecule has 8 heteroatoms. The highest BCUT2D eigenvalue weighted by Crippen LogP contribution is 2.24. The number of piperazine rings is 1. The molecule has 1 heterocycles. The van der Waals surface area contributed by atoms with Crippen LogP contribution in [0.15, 0.2) is 27.6 Å². The quantitative estimate of drug-likeness (QED) is 0.804. The highest BCUT2D eigenvalue weighted by molar-refractivity contribution is 9.10. The van der Waals surface area contributed by atoms with Crippen LogP contribution in [0.25, 0.3) is 0 Å². The number of carbonyl (C=O) groups excluding carboxylic acids is 1. The second kappa shape index (κ2) is 5.80. The summed E-state index contributed by atoms with van der Waals surface area (Å²) in [6.45, 7) is 2.78. The number of primary amides is 1. The van der Waals surface area contributed by atoms with Crippen LogP contribution < -0.4 is 11.1 Å². The maximum absolute atomic E-state index is 12.6. The van der Waals surface area contributed by atoms with E-state index in [1.807, 2.05) is 6.92 Å². The van der Waals surface area contributed by atoms with Crippen molar-refractivity contribution in [2.45, 2.75) is 17.9 Å². The summed E-state index contributed by atoms with van der Waals surface area (Å²) in [6, 6.07) is 3.94. The van der Waals surface area contributed by atoms with E-state index in [0.29, 0.717) is 6.54 Å². The van der Waals surface area contributed by atoms with Crippen molar-refractivity contribution in [3.63, 3.8) is 0 Å². The molecule has 1 aromatic rings. The SMILES string of the molecule is Cc1cc(S(=O)(=O)N2CCNCC2C(N)=O)ccc1Br. The van der Waals surface area contributed by atoms with Crippen molar-refractivity contribution in [1.82, 2.24) is 9.62 Å². The van der Waals surface area contributed by atoms with Gasteiger partial charge in [0.2, 0.25) is 15.9 Å². The van der Waals surface area contributed by atoms with Gasteiger partial charge in [0.25, 0.3) is 0 Å². The molecule has 1 aliphatic heterocycles. The normalized spacial score (nSPS) is 20.8. The van der Waals surface area contributed by atoms with Gasteiger partial charge >= 0.3 is 0 Å². The molecule has 1 amide bonds. The predicted molar refractivity (Wildman–Crippen MR) is 78.6 cm³/mol. The average Bonchev–Trinajstić information content (AvgIpc) is 2.41. The Bertz CT molecular complexity index is 633. The third-order valence-electron chi connectivity index (χ3n) is 3.26. The summed E-state index contributed by atoms with van der Waals surface area (Å²) in [4.78, 5) is 11.6. The number of carbonyl (C=O) groups is 1. The Morgan fingerprint density at radius 3 is 2.80 bits per heavy atom. The molecular weight excluding hydrogens is 346 g/mol. The summed E-state index contributed by atoms with van der Waals surface area (Å²) >= 11 is 3.33. The summed E-state index contributed by atoms with van der Waals surface area (Å²) in [5.74, 6) is -0.644. The smallest absolute Gasteiger partial charge is 0.243 e. The van der Waals surface area contributed by atoms with Gasteiger partial charge in [0.1, 0.15) is 6.04 Å². The maximum Gasteiger partial charge on any atom is 0.243 e. The van der Waals surface area contributed by atoms with E-state index < -0.39 is 22.0 Å². The zero-order chi connectivity index (χ0) is 14.9. The molecule has 0 aliphatic carbocycles. The topological polar surface area (TPSA) is 92.5 Å². The number of sulfonamides is 1. The van der Waals surface area contributed by atoms with Gasteiger partial charge in [-0.1, -0.05) is 15.9 Å². The first-order chi connectivity index (χ1) is 9.34. The van der Waals surface area contributed by atoms with Crippen molar-refractivity contribution in [3.05, 3.63) is 28.2 Å². The summed E-state index contributed by atoms with van der Waals surface area (Å²) in [7, 11) is -3.72. The lowest BCUT2D eigenvalue weighted by Crippen LogP contribution is -2.58. The van der Waals surface area contributed by atoms with E-state index in [0.717, 1.165) is 10.0 Å². The maximum atomic E-state index is 12.6. The van der Waals surface area contributed by atoms with E-state index >= 15 is 0 Å². The van der Waals surface area contributed by atoms with Crippen LogP contribution in [0.3, 0.4) is 0 Å². The molecule has 1 aromatic carbocycles. The summed E-state index contributed by atoms with van der Waals surface area (Å²) in [6.07, 6.45) is 0. The first kappa shape index (κ1) is 15.4. The number of rotatable bonds is 3. The molecule has 0 spiro atoms. The molecule has 110 valence electrons. The number of aryl methyl sites for hydroxylation is 1. The molecule has 1 fully saturated rings. The zero-order valence-electron chi connectivity index (χ0n) is 11.0. The van der Waals surface area contributed by atoms with Crippen molar-refractivity contribution in [2.75, 3.05) is 19.6 Å². The average molecular weight is 362 g/mol. The van der Waals surface area contributed by atoms with E-state index in [4.69, 9.17) is 5.73 Å². The fraction of sp³-hybridized carbons (Fsp3) is 0.417. The zero-order valence-corrected chi connectivity index (χ0v) is 13.4. The lowest BCUT2D eigenvalue weighted by molar-refractivity contribution is -0.122. The minimum absolute atomic E-state index is 0.173. The Morgan fingerprint density at radius 2 is 2.20 bits per heavy atom. The van der Waals surface area contributed by atoms with Crippen molar-refractivity contribution in [3.8, 4) is 0 Å². The van der Waals surface area contributed by atoms with E-state index in [9.17, 15) is 13.2 Å². The minimum Gasteiger partial charge on any atom is -0.368 e. The lowest BCUT2D eigenvalue weighted by atomic mass is 10.2. The molecular formula is C12H16BrN3O3S. The number of hydrogen-bond donors (Lipinski definition) is 2. The van der Waals surface area contributed by atoms with Gasteiger partial charge in [-0.15, -0.1) is 0 Å². The number of benzene rings is 1. The molecule has 0 bridgehead atoms. The van der Waals surface area contributed by atoms with Gasteiger partial charge in [-0.2, -0.15) is 4.31 Å². The van der Waals surface area contributed by atoms with E-state index in [-0.39, 0.29) is 18.0 Å². The molecule has 6 nitrogen and oxygen atoms in total. The predicted octanol–water partition coefficient (Wildman–Crippen LogP) is 0.205. The molecule has 3 N–H and O–H groups in total. The van der Waals surface area contributed by atoms with E-state index in [1.54, 1.807) is 12.1 Å². The van der Waals surface area contributed by atoms with Gasteiger partial charge < -0.3 is 11.1 Å². The highest BCUT2D eigenvalue weighted by atomic mass is 79.9. The molecule has 2 rings (SSSR count).